The summed E-state index contributed by atoms with van der Waals surface area (Å²) in [5.74, 6) is -2.17. The number of nitrogens with one attached hydrogen (secondary N) is 2. The van der Waals surface area contributed by atoms with Crippen molar-refractivity contribution < 1.29 is 38.3 Å². The molecule has 4 fully saturated rings. The lowest BCUT2D eigenvalue weighted by atomic mass is 9.85. The average Bonchev–Trinajstić information content (AvgIpc) is 3.99. The highest BCUT2D eigenvalue weighted by Gasteiger charge is 2.45. The van der Waals surface area contributed by atoms with E-state index >= 15 is 0 Å². The minimum Gasteiger partial charge on any atom is -0.444 e. The van der Waals surface area contributed by atoms with Gasteiger partial charge in [0.2, 0.25) is 17.7 Å². The van der Waals surface area contributed by atoms with Crippen LogP contribution in [0, 0.1) is 17.2 Å². The predicted octanol–water partition coefficient (Wildman–Crippen LogP) is 2.59. The molecule has 0 radical (unpaired) electrons. The molecule has 7 amide bonds. The first-order valence-corrected chi connectivity index (χ1v) is 21.9. The van der Waals surface area contributed by atoms with E-state index in [0.717, 1.165) is 10.6 Å². The standard InChI is InChI=1S/C44H49N13O8/c1-44(2,3)65-43(64)54-20-16-52(17-21-54)35-12-13-55-37(48-35)31(24-46-55)38(59)47-33-25-56(50-32(33)23-45)27-6-4-26(5-7-27)40(61)53-18-14-51(15-19-53)28-8-9-29-30(22-28)42(63)57(41(29)62)34-10-11-36(58)49-39(34)60/h8-9,12-13,22,24-27,34H,4-7,10-11,14-21H2,1-3H3,(H,47,59)(H,49,58,60). The van der Waals surface area contributed by atoms with Gasteiger partial charge in [0.1, 0.15) is 29.1 Å². The van der Waals surface area contributed by atoms with Crippen molar-refractivity contribution in [2.45, 2.75) is 77.0 Å². The van der Waals surface area contributed by atoms with Gasteiger partial charge in [-0.25, -0.2) is 14.3 Å². The summed E-state index contributed by atoms with van der Waals surface area (Å²) in [4.78, 5) is 104. The zero-order chi connectivity index (χ0) is 45.7. The molecule has 1 aliphatic carbocycles. The molecule has 21 nitrogen and oxygen atoms in total. The van der Waals surface area contributed by atoms with Gasteiger partial charge in [0.05, 0.1) is 35.2 Å². The van der Waals surface area contributed by atoms with E-state index in [1.165, 1.54) is 10.7 Å². The van der Waals surface area contributed by atoms with Crippen molar-refractivity contribution in [3.05, 3.63) is 65.2 Å². The first kappa shape index (κ1) is 42.9. The Bertz CT molecular complexity index is 2650. The number of piperazine rings is 2. The number of hydrogen-bond donors (Lipinski definition) is 2. The number of ether oxygens (including phenoxy) is 1. The van der Waals surface area contributed by atoms with Gasteiger partial charge >= 0.3 is 6.09 Å². The molecule has 3 aromatic heterocycles. The Hall–Kier alpha value is -7.37. The summed E-state index contributed by atoms with van der Waals surface area (Å²) >= 11 is 0. The zero-order valence-electron chi connectivity index (χ0n) is 36.4. The molecule has 338 valence electrons. The van der Waals surface area contributed by atoms with Crippen LogP contribution in [0.4, 0.5) is 22.0 Å². The molecular formula is C44H49N13O8. The number of benzene rings is 1. The van der Waals surface area contributed by atoms with Crippen LogP contribution in [0.3, 0.4) is 0 Å². The van der Waals surface area contributed by atoms with Gasteiger partial charge in [0.25, 0.3) is 17.7 Å². The third-order valence-electron chi connectivity index (χ3n) is 12.7. The average molecular weight is 888 g/mol. The number of imide groups is 2. The molecule has 5 aliphatic rings. The van der Waals surface area contributed by atoms with E-state index in [2.05, 4.69) is 31.8 Å². The van der Waals surface area contributed by atoms with E-state index < -0.39 is 41.2 Å². The van der Waals surface area contributed by atoms with Gasteiger partial charge in [-0.3, -0.25) is 43.7 Å². The number of piperidine rings is 1. The maximum absolute atomic E-state index is 13.7. The molecule has 65 heavy (non-hydrogen) atoms. The van der Waals surface area contributed by atoms with Crippen molar-refractivity contribution in [1.29, 1.82) is 5.26 Å². The van der Waals surface area contributed by atoms with Crippen LogP contribution in [0.25, 0.3) is 5.65 Å². The molecule has 21 heteroatoms. The molecule has 2 N–H and O–H groups in total. The highest BCUT2D eigenvalue weighted by atomic mass is 16.6. The Labute approximate surface area is 373 Å². The van der Waals surface area contributed by atoms with Crippen molar-refractivity contribution in [3.63, 3.8) is 0 Å². The molecule has 0 bridgehead atoms. The van der Waals surface area contributed by atoms with Crippen molar-refractivity contribution in [3.8, 4) is 6.07 Å². The van der Waals surface area contributed by atoms with Crippen molar-refractivity contribution in [2.75, 3.05) is 67.5 Å². The quantitative estimate of drug-likeness (QED) is 0.254. The van der Waals surface area contributed by atoms with Gasteiger partial charge in [0, 0.05) is 76.6 Å². The van der Waals surface area contributed by atoms with Crippen LogP contribution >= 0.6 is 0 Å². The molecule has 3 saturated heterocycles. The van der Waals surface area contributed by atoms with Crippen molar-refractivity contribution >= 4 is 64.4 Å². The number of carbonyl (C=O) groups excluding carboxylic acids is 7. The third-order valence-corrected chi connectivity index (χ3v) is 12.7. The second-order valence-corrected chi connectivity index (χ2v) is 18.0. The number of anilines is 3. The lowest BCUT2D eigenvalue weighted by molar-refractivity contribution is -0.137. The SMILES string of the molecule is CC(C)(C)OC(=O)N1CCN(c2ccn3ncc(C(=O)Nc4cn(C5CCC(C(=O)N6CCN(c7ccc8c(c7)C(=O)N(C7CCC(=O)NC7=O)C8=O)CC6)CC5)nc4C#N)c3n2)CC1. The Morgan fingerprint density at radius 1 is 0.862 bits per heavy atom. The predicted molar refractivity (Wildman–Crippen MR) is 231 cm³/mol. The molecule has 4 aromatic rings. The van der Waals surface area contributed by atoms with Gasteiger partial charge in [-0.2, -0.15) is 15.5 Å². The van der Waals surface area contributed by atoms with Crippen LogP contribution in [-0.4, -0.2) is 145 Å². The van der Waals surface area contributed by atoms with Crippen LogP contribution in [0.15, 0.2) is 42.9 Å². The fourth-order valence-electron chi connectivity index (χ4n) is 9.27. The third kappa shape index (κ3) is 8.43. The van der Waals surface area contributed by atoms with Gasteiger partial charge < -0.3 is 29.7 Å². The Balaban J connectivity index is 0.773. The van der Waals surface area contributed by atoms with Crippen molar-refractivity contribution in [2.24, 2.45) is 5.92 Å². The summed E-state index contributed by atoms with van der Waals surface area (Å²) in [6.07, 6.45) is 7.14. The second kappa shape index (κ2) is 17.0. The highest BCUT2D eigenvalue weighted by molar-refractivity contribution is 6.23. The lowest BCUT2D eigenvalue weighted by Gasteiger charge is -2.39. The summed E-state index contributed by atoms with van der Waals surface area (Å²) in [6.45, 7) is 9.48. The second-order valence-electron chi connectivity index (χ2n) is 18.0. The van der Waals surface area contributed by atoms with Crippen molar-refractivity contribution in [1.82, 2.24) is 44.4 Å². The number of carbonyl (C=O) groups is 7. The van der Waals surface area contributed by atoms with Crippen LogP contribution < -0.4 is 20.4 Å². The zero-order valence-corrected chi connectivity index (χ0v) is 36.4. The molecule has 4 aliphatic heterocycles. The number of aromatic nitrogens is 5. The fourth-order valence-corrected chi connectivity index (χ4v) is 9.27. The van der Waals surface area contributed by atoms with Gasteiger partial charge in [0.15, 0.2) is 11.3 Å². The van der Waals surface area contributed by atoms with Gasteiger partial charge in [-0.15, -0.1) is 0 Å². The summed E-state index contributed by atoms with van der Waals surface area (Å²) in [5.41, 5.74) is 1.45. The van der Waals surface area contributed by atoms with E-state index in [1.807, 2.05) is 30.6 Å². The van der Waals surface area contributed by atoms with E-state index in [4.69, 9.17) is 9.72 Å². The molecule has 0 spiro atoms. The topological polar surface area (TPSA) is 241 Å². The number of rotatable bonds is 7. The van der Waals surface area contributed by atoms with Gasteiger partial charge in [-0.05, 0) is 77.1 Å². The Kier molecular flexibility index (Phi) is 11.2. The molecule has 9 rings (SSSR count). The number of nitriles is 1. The largest absolute Gasteiger partial charge is 0.444 e. The Morgan fingerprint density at radius 3 is 2.25 bits per heavy atom. The number of amides is 7. The summed E-state index contributed by atoms with van der Waals surface area (Å²) in [6, 6.07) is 7.81. The van der Waals surface area contributed by atoms with Gasteiger partial charge in [-0.1, -0.05) is 0 Å². The van der Waals surface area contributed by atoms with E-state index in [0.29, 0.717) is 89.5 Å². The fraction of sp³-hybridized carbons (Fsp3) is 0.477. The molecule has 1 atom stereocenters. The lowest BCUT2D eigenvalue weighted by Crippen LogP contribution is -2.54. The molecular weight excluding hydrogens is 839 g/mol. The number of nitrogens with zero attached hydrogens (tertiary/aromatic N) is 11. The van der Waals surface area contributed by atoms with Crippen LogP contribution in [0.5, 0.6) is 0 Å². The van der Waals surface area contributed by atoms with E-state index in [9.17, 15) is 38.8 Å². The summed E-state index contributed by atoms with van der Waals surface area (Å²) in [5, 5.41) is 23.8. The highest BCUT2D eigenvalue weighted by Crippen LogP contribution is 2.35. The molecule has 1 saturated carbocycles. The maximum Gasteiger partial charge on any atom is 0.410 e. The monoisotopic (exact) mass is 887 g/mol. The van der Waals surface area contributed by atoms with Crippen LogP contribution in [0.1, 0.15) is 102 Å². The normalized spacial score (nSPS) is 21.6. The first-order valence-electron chi connectivity index (χ1n) is 21.9. The maximum atomic E-state index is 13.7. The summed E-state index contributed by atoms with van der Waals surface area (Å²) in [7, 11) is 0. The molecule has 1 unspecified atom stereocenters. The number of fused-ring (bicyclic) bond motifs is 2. The van der Waals surface area contributed by atoms with E-state index in [1.54, 1.807) is 46.2 Å². The minimum atomic E-state index is -1.04. The first-order chi connectivity index (χ1) is 31.1. The minimum absolute atomic E-state index is 0.0457. The summed E-state index contributed by atoms with van der Waals surface area (Å²) < 4.78 is 8.73. The molecule has 1 aromatic carbocycles. The van der Waals surface area contributed by atoms with Crippen LogP contribution in [0.2, 0.25) is 0 Å². The van der Waals surface area contributed by atoms with Crippen LogP contribution in [-0.2, 0) is 19.1 Å². The Morgan fingerprint density at radius 2 is 1.55 bits per heavy atom. The molecule has 7 heterocycles. The number of hydrogen-bond acceptors (Lipinski definition) is 14. The smallest absolute Gasteiger partial charge is 0.410 e. The van der Waals surface area contributed by atoms with E-state index in [-0.39, 0.29) is 64.9 Å².